The lowest BCUT2D eigenvalue weighted by atomic mass is 10.1. The number of carbonyl (C=O) groups excluding carboxylic acids is 1. The number of amides is 1. The van der Waals surface area contributed by atoms with Crippen LogP contribution in [0.2, 0.25) is 0 Å². The van der Waals surface area contributed by atoms with Gasteiger partial charge in [-0.25, -0.2) is 9.59 Å². The molecular weight excluding hydrogens is 362 g/mol. The Bertz CT molecular complexity index is 1040. The van der Waals surface area contributed by atoms with Gasteiger partial charge in [0.25, 0.3) is 0 Å². The zero-order valence-electron chi connectivity index (χ0n) is 15.7. The van der Waals surface area contributed by atoms with E-state index < -0.39 is 11.7 Å². The topological polar surface area (TPSA) is 98.0 Å². The Balaban J connectivity index is 1.82. The Kier molecular flexibility index (Phi) is 5.84. The van der Waals surface area contributed by atoms with E-state index in [2.05, 4.69) is 5.32 Å². The van der Waals surface area contributed by atoms with Crippen LogP contribution in [0.15, 0.2) is 51.7 Å². The number of fused-ring (bicyclic) bond motifs is 1. The highest BCUT2D eigenvalue weighted by molar-refractivity contribution is 5.90. The van der Waals surface area contributed by atoms with Gasteiger partial charge in [0, 0.05) is 10.9 Å². The molecule has 146 valence electrons. The Labute approximate surface area is 161 Å². The molecule has 3 rings (SSSR count). The third kappa shape index (κ3) is 4.25. The van der Waals surface area contributed by atoms with Gasteiger partial charge in [-0.3, -0.25) is 5.32 Å². The van der Waals surface area contributed by atoms with Crippen LogP contribution in [-0.2, 0) is 11.3 Å². The lowest BCUT2D eigenvalue weighted by molar-refractivity contribution is 0.155. The molecule has 2 aromatic carbocycles. The molecule has 0 aliphatic heterocycles. The lowest BCUT2D eigenvalue weighted by Crippen LogP contribution is -2.18. The van der Waals surface area contributed by atoms with Gasteiger partial charge in [0.2, 0.25) is 0 Å². The summed E-state index contributed by atoms with van der Waals surface area (Å²) in [5.41, 5.74) is 0.645. The molecule has 0 spiro atoms. The second-order valence-corrected chi connectivity index (χ2v) is 6.25. The number of hydrogen-bond acceptors (Lipinski definition) is 6. The maximum atomic E-state index is 12.2. The van der Waals surface area contributed by atoms with E-state index >= 15 is 0 Å². The number of hydrogen-bond donors (Lipinski definition) is 2. The number of ether oxygens (including phenoxy) is 2. The number of phenols is 1. The molecule has 7 heteroatoms. The SMILES string of the molecule is CCCOc1cc2cc(NC(=O)OCc3ccccc3)c(=O)oc2c(C)c1O. The van der Waals surface area contributed by atoms with E-state index in [4.69, 9.17) is 13.9 Å². The smallest absolute Gasteiger partial charge is 0.412 e. The van der Waals surface area contributed by atoms with Gasteiger partial charge in [0.1, 0.15) is 17.9 Å². The Morgan fingerprint density at radius 3 is 2.68 bits per heavy atom. The molecule has 2 N–H and O–H groups in total. The third-order valence-corrected chi connectivity index (χ3v) is 4.10. The fourth-order valence-corrected chi connectivity index (χ4v) is 2.67. The van der Waals surface area contributed by atoms with E-state index in [-0.39, 0.29) is 23.6 Å². The van der Waals surface area contributed by atoms with E-state index in [0.29, 0.717) is 23.3 Å². The number of anilines is 1. The van der Waals surface area contributed by atoms with Crippen molar-refractivity contribution in [3.63, 3.8) is 0 Å². The van der Waals surface area contributed by atoms with Gasteiger partial charge in [0.15, 0.2) is 11.5 Å². The van der Waals surface area contributed by atoms with Crippen LogP contribution in [-0.4, -0.2) is 17.8 Å². The number of carbonyl (C=O) groups is 1. The average molecular weight is 383 g/mol. The van der Waals surface area contributed by atoms with Crippen molar-refractivity contribution in [2.45, 2.75) is 26.9 Å². The number of benzene rings is 2. The van der Waals surface area contributed by atoms with Gasteiger partial charge in [-0.1, -0.05) is 37.3 Å². The van der Waals surface area contributed by atoms with Gasteiger partial charge >= 0.3 is 11.7 Å². The summed E-state index contributed by atoms with van der Waals surface area (Å²) in [6.45, 7) is 4.09. The van der Waals surface area contributed by atoms with Crippen LogP contribution in [0.1, 0.15) is 24.5 Å². The summed E-state index contributed by atoms with van der Waals surface area (Å²) < 4.78 is 15.9. The highest BCUT2D eigenvalue weighted by Crippen LogP contribution is 2.36. The second kappa shape index (κ2) is 8.47. The van der Waals surface area contributed by atoms with Crippen molar-refractivity contribution >= 4 is 22.7 Å². The first-order valence-electron chi connectivity index (χ1n) is 8.90. The quantitative estimate of drug-likeness (QED) is 0.614. The van der Waals surface area contributed by atoms with Crippen molar-refractivity contribution < 1.29 is 23.8 Å². The van der Waals surface area contributed by atoms with Crippen LogP contribution >= 0.6 is 0 Å². The third-order valence-electron chi connectivity index (χ3n) is 4.10. The molecule has 0 aliphatic rings. The van der Waals surface area contributed by atoms with Crippen LogP contribution in [0.5, 0.6) is 11.5 Å². The van der Waals surface area contributed by atoms with Crippen LogP contribution in [0.25, 0.3) is 11.0 Å². The van der Waals surface area contributed by atoms with Crippen molar-refractivity contribution in [3.8, 4) is 11.5 Å². The van der Waals surface area contributed by atoms with Gasteiger partial charge in [-0.15, -0.1) is 0 Å². The molecule has 0 unspecified atom stereocenters. The fourth-order valence-electron chi connectivity index (χ4n) is 2.67. The van der Waals surface area contributed by atoms with E-state index in [1.165, 1.54) is 6.07 Å². The minimum atomic E-state index is -0.770. The predicted molar refractivity (Wildman–Crippen MR) is 105 cm³/mol. The van der Waals surface area contributed by atoms with Crippen molar-refractivity contribution in [2.24, 2.45) is 0 Å². The molecule has 1 aromatic heterocycles. The van der Waals surface area contributed by atoms with Crippen LogP contribution in [0, 0.1) is 6.92 Å². The molecular formula is C21H21NO6. The molecule has 7 nitrogen and oxygen atoms in total. The predicted octanol–water partition coefficient (Wildman–Crippen LogP) is 4.34. The molecule has 28 heavy (non-hydrogen) atoms. The Hall–Kier alpha value is -3.48. The number of aryl methyl sites for hydroxylation is 1. The molecule has 3 aromatic rings. The first-order chi connectivity index (χ1) is 13.5. The minimum absolute atomic E-state index is 0.0582. The minimum Gasteiger partial charge on any atom is -0.504 e. The van der Waals surface area contributed by atoms with Gasteiger partial charge in [0.05, 0.1) is 6.61 Å². The van der Waals surface area contributed by atoms with E-state index in [0.717, 1.165) is 12.0 Å². The van der Waals surface area contributed by atoms with Crippen molar-refractivity contribution in [3.05, 3.63) is 64.0 Å². The van der Waals surface area contributed by atoms with Gasteiger partial charge in [-0.2, -0.15) is 0 Å². The number of nitrogens with one attached hydrogen (secondary N) is 1. The van der Waals surface area contributed by atoms with E-state index in [1.54, 1.807) is 13.0 Å². The van der Waals surface area contributed by atoms with E-state index in [1.807, 2.05) is 37.3 Å². The second-order valence-electron chi connectivity index (χ2n) is 6.25. The summed E-state index contributed by atoms with van der Waals surface area (Å²) in [5, 5.41) is 13.1. The van der Waals surface area contributed by atoms with E-state index in [9.17, 15) is 14.7 Å². The van der Waals surface area contributed by atoms with Crippen molar-refractivity contribution in [2.75, 3.05) is 11.9 Å². The largest absolute Gasteiger partial charge is 0.504 e. The summed E-state index contributed by atoms with van der Waals surface area (Å²) in [4.78, 5) is 24.2. The standard InChI is InChI=1S/C21H21NO6/c1-3-9-26-17-11-15-10-16(20(24)28-19(15)13(2)18(17)23)22-21(25)27-12-14-7-5-4-6-8-14/h4-8,10-11,23H,3,9,12H2,1-2H3,(H,22,25). The van der Waals surface area contributed by atoms with Crippen molar-refractivity contribution in [1.29, 1.82) is 0 Å². The summed E-state index contributed by atoms with van der Waals surface area (Å²) in [6.07, 6.45) is 0.00829. The summed E-state index contributed by atoms with van der Waals surface area (Å²) in [7, 11) is 0. The fraction of sp³-hybridized carbons (Fsp3) is 0.238. The monoisotopic (exact) mass is 383 g/mol. The molecule has 0 atom stereocenters. The van der Waals surface area contributed by atoms with Gasteiger partial charge < -0.3 is 19.0 Å². The molecule has 1 heterocycles. The highest BCUT2D eigenvalue weighted by Gasteiger charge is 2.16. The maximum Gasteiger partial charge on any atom is 0.412 e. The normalized spacial score (nSPS) is 10.6. The first kappa shape index (κ1) is 19.3. The Morgan fingerprint density at radius 1 is 1.21 bits per heavy atom. The van der Waals surface area contributed by atoms with Crippen molar-refractivity contribution in [1.82, 2.24) is 0 Å². The van der Waals surface area contributed by atoms with Crippen LogP contribution in [0.4, 0.5) is 10.5 Å². The zero-order chi connectivity index (χ0) is 20.1. The number of phenolic OH excluding ortho intramolecular Hbond substituents is 1. The molecule has 1 amide bonds. The molecule has 0 bridgehead atoms. The highest BCUT2D eigenvalue weighted by atomic mass is 16.5. The summed E-state index contributed by atoms with van der Waals surface area (Å²) >= 11 is 0. The van der Waals surface area contributed by atoms with Crippen LogP contribution in [0.3, 0.4) is 0 Å². The zero-order valence-corrected chi connectivity index (χ0v) is 15.7. The van der Waals surface area contributed by atoms with Crippen LogP contribution < -0.4 is 15.7 Å². The maximum absolute atomic E-state index is 12.2. The number of rotatable bonds is 6. The van der Waals surface area contributed by atoms with Gasteiger partial charge in [-0.05, 0) is 31.0 Å². The number of aromatic hydroxyl groups is 1. The molecule has 0 saturated carbocycles. The lowest BCUT2D eigenvalue weighted by Gasteiger charge is -2.12. The molecule has 0 fully saturated rings. The Morgan fingerprint density at radius 2 is 1.96 bits per heavy atom. The average Bonchev–Trinajstić information content (AvgIpc) is 2.70. The molecule has 0 aliphatic carbocycles. The molecule has 0 saturated heterocycles. The summed E-state index contributed by atoms with van der Waals surface area (Å²) in [5.74, 6) is 0.213. The summed E-state index contributed by atoms with van der Waals surface area (Å²) in [6, 6.07) is 12.2. The first-order valence-corrected chi connectivity index (χ1v) is 8.90. The molecule has 0 radical (unpaired) electrons.